The van der Waals surface area contributed by atoms with Gasteiger partial charge >= 0.3 is 0 Å². The molecule has 1 aromatic carbocycles. The first kappa shape index (κ1) is 13.4. The van der Waals surface area contributed by atoms with E-state index in [9.17, 15) is 15.0 Å². The summed E-state index contributed by atoms with van der Waals surface area (Å²) in [6, 6.07) is 6.45. The maximum absolute atomic E-state index is 10.2. The van der Waals surface area contributed by atoms with Crippen LogP contribution < -0.4 is 5.32 Å². The monoisotopic (exact) mass is 322 g/mol. The first-order valence-electron chi connectivity index (χ1n) is 5.45. The van der Waals surface area contributed by atoms with Crippen LogP contribution in [0.3, 0.4) is 0 Å². The molecule has 98 valence electrons. The lowest BCUT2D eigenvalue weighted by Gasteiger charge is -2.07. The molecular weight excluding hydrogens is 312 g/mol. The van der Waals surface area contributed by atoms with Gasteiger partial charge in [-0.1, -0.05) is 6.07 Å². The van der Waals surface area contributed by atoms with Crippen LogP contribution in [0.2, 0.25) is 0 Å². The number of amides is 1. The van der Waals surface area contributed by atoms with Crippen molar-refractivity contribution in [2.75, 3.05) is 0 Å². The summed E-state index contributed by atoms with van der Waals surface area (Å²) in [6.07, 6.45) is 2.27. The van der Waals surface area contributed by atoms with Crippen molar-refractivity contribution < 1.29 is 15.0 Å². The Morgan fingerprint density at radius 3 is 2.63 bits per heavy atom. The van der Waals surface area contributed by atoms with Gasteiger partial charge in [-0.3, -0.25) is 9.78 Å². The van der Waals surface area contributed by atoms with Crippen molar-refractivity contribution in [3.8, 4) is 22.8 Å². The number of carbonyl (C=O) groups excluding carboxylic acids is 1. The number of phenols is 2. The Labute approximate surface area is 118 Å². The van der Waals surface area contributed by atoms with Gasteiger partial charge in [-0.25, -0.2) is 0 Å². The van der Waals surface area contributed by atoms with E-state index in [1.54, 1.807) is 12.3 Å². The largest absolute Gasteiger partial charge is 0.504 e. The second-order valence-corrected chi connectivity index (χ2v) is 4.73. The average molecular weight is 323 g/mol. The minimum absolute atomic E-state index is 0.192. The second kappa shape index (κ2) is 5.71. The number of benzene rings is 1. The van der Waals surface area contributed by atoms with Crippen LogP contribution in [-0.4, -0.2) is 21.6 Å². The highest BCUT2D eigenvalue weighted by Crippen LogP contribution is 2.36. The van der Waals surface area contributed by atoms with Gasteiger partial charge in [0.25, 0.3) is 0 Å². The van der Waals surface area contributed by atoms with Gasteiger partial charge in [0.2, 0.25) is 6.41 Å². The number of phenolic OH excluding ortho intramolecular Hbond substituents is 2. The zero-order chi connectivity index (χ0) is 13.8. The molecule has 2 aromatic rings. The number of halogens is 1. The third-order valence-corrected chi connectivity index (χ3v) is 3.21. The molecule has 1 amide bonds. The summed E-state index contributed by atoms with van der Waals surface area (Å²) >= 11 is 3.31. The number of aromatic nitrogens is 1. The van der Waals surface area contributed by atoms with E-state index in [-0.39, 0.29) is 11.5 Å². The Bertz CT molecular complexity index is 600. The Morgan fingerprint density at radius 2 is 2.00 bits per heavy atom. The van der Waals surface area contributed by atoms with Crippen molar-refractivity contribution in [2.45, 2.75) is 6.54 Å². The smallest absolute Gasteiger partial charge is 0.207 e. The van der Waals surface area contributed by atoms with Gasteiger partial charge < -0.3 is 15.5 Å². The molecule has 0 aliphatic rings. The number of nitrogens with one attached hydrogen (secondary N) is 1. The number of aromatic hydroxyl groups is 2. The molecule has 1 heterocycles. The fraction of sp³-hybridized carbons (Fsp3) is 0.0769. The van der Waals surface area contributed by atoms with Crippen molar-refractivity contribution >= 4 is 22.3 Å². The van der Waals surface area contributed by atoms with E-state index in [0.29, 0.717) is 28.7 Å². The molecule has 0 unspecified atom stereocenters. The number of pyridine rings is 1. The maximum atomic E-state index is 10.2. The van der Waals surface area contributed by atoms with Crippen molar-refractivity contribution in [2.24, 2.45) is 0 Å². The minimum Gasteiger partial charge on any atom is -0.504 e. The summed E-state index contributed by atoms with van der Waals surface area (Å²) in [4.78, 5) is 14.4. The van der Waals surface area contributed by atoms with Crippen LogP contribution in [0.25, 0.3) is 11.3 Å². The second-order valence-electron chi connectivity index (χ2n) is 3.87. The molecule has 0 saturated carbocycles. The number of hydrogen-bond acceptors (Lipinski definition) is 4. The summed E-state index contributed by atoms with van der Waals surface area (Å²) in [5.41, 5.74) is 2.19. The molecule has 19 heavy (non-hydrogen) atoms. The van der Waals surface area contributed by atoms with E-state index in [2.05, 4.69) is 26.2 Å². The van der Waals surface area contributed by atoms with Crippen LogP contribution in [0.5, 0.6) is 11.5 Å². The standard InChI is InChI=1S/C13H11BrN2O3/c14-10-4-13(19)12(18)3-9(10)11-2-1-8(6-16-11)5-15-7-17/h1-4,6-7,18-19H,5H2,(H,15,17). The molecule has 0 spiro atoms. The van der Waals surface area contributed by atoms with E-state index in [0.717, 1.165) is 5.56 Å². The number of hydrogen-bond donors (Lipinski definition) is 3. The van der Waals surface area contributed by atoms with Crippen molar-refractivity contribution in [1.82, 2.24) is 10.3 Å². The number of carbonyl (C=O) groups is 1. The molecule has 0 atom stereocenters. The number of nitrogens with zero attached hydrogens (tertiary/aromatic N) is 1. The van der Waals surface area contributed by atoms with Crippen LogP contribution in [0, 0.1) is 0 Å². The SMILES string of the molecule is O=CNCc1ccc(-c2cc(O)c(O)cc2Br)nc1. The Hall–Kier alpha value is -2.08. The highest BCUT2D eigenvalue weighted by Gasteiger charge is 2.09. The molecule has 0 radical (unpaired) electrons. The average Bonchev–Trinajstić information content (AvgIpc) is 2.41. The zero-order valence-electron chi connectivity index (χ0n) is 9.80. The highest BCUT2D eigenvalue weighted by atomic mass is 79.9. The van der Waals surface area contributed by atoms with Crippen molar-refractivity contribution in [3.63, 3.8) is 0 Å². The van der Waals surface area contributed by atoms with Crippen LogP contribution in [0.4, 0.5) is 0 Å². The summed E-state index contributed by atoms with van der Waals surface area (Å²) < 4.78 is 0.633. The third-order valence-electron chi connectivity index (χ3n) is 2.55. The lowest BCUT2D eigenvalue weighted by Crippen LogP contribution is -2.09. The predicted molar refractivity (Wildman–Crippen MR) is 73.6 cm³/mol. The van der Waals surface area contributed by atoms with E-state index < -0.39 is 0 Å². The molecule has 3 N–H and O–H groups in total. The summed E-state index contributed by atoms with van der Waals surface area (Å²) in [5, 5.41) is 21.4. The van der Waals surface area contributed by atoms with Gasteiger partial charge in [-0.05, 0) is 39.7 Å². The fourth-order valence-electron chi connectivity index (χ4n) is 1.60. The van der Waals surface area contributed by atoms with Gasteiger partial charge in [-0.15, -0.1) is 0 Å². The van der Waals surface area contributed by atoms with Gasteiger partial charge in [0, 0.05) is 22.8 Å². The van der Waals surface area contributed by atoms with Gasteiger partial charge in [0.1, 0.15) is 0 Å². The van der Waals surface area contributed by atoms with Crippen molar-refractivity contribution in [1.29, 1.82) is 0 Å². The molecule has 0 saturated heterocycles. The molecule has 6 heteroatoms. The van der Waals surface area contributed by atoms with Crippen LogP contribution in [-0.2, 0) is 11.3 Å². The van der Waals surface area contributed by atoms with Gasteiger partial charge in [0.05, 0.1) is 5.69 Å². The van der Waals surface area contributed by atoms with Gasteiger partial charge in [0.15, 0.2) is 11.5 Å². The van der Waals surface area contributed by atoms with E-state index in [1.165, 1.54) is 12.1 Å². The lowest BCUT2D eigenvalue weighted by molar-refractivity contribution is -0.109. The summed E-state index contributed by atoms with van der Waals surface area (Å²) in [5.74, 6) is -0.394. The molecular formula is C13H11BrN2O3. The molecule has 1 aromatic heterocycles. The third kappa shape index (κ3) is 3.03. The molecule has 0 fully saturated rings. The van der Waals surface area contributed by atoms with Crippen LogP contribution >= 0.6 is 15.9 Å². The molecule has 0 aliphatic carbocycles. The quantitative estimate of drug-likeness (QED) is 0.595. The Kier molecular flexibility index (Phi) is 4.01. The van der Waals surface area contributed by atoms with Crippen molar-refractivity contribution in [3.05, 3.63) is 40.5 Å². The maximum Gasteiger partial charge on any atom is 0.207 e. The highest BCUT2D eigenvalue weighted by molar-refractivity contribution is 9.10. The molecule has 2 rings (SSSR count). The van der Waals surface area contributed by atoms with E-state index in [1.807, 2.05) is 6.07 Å². The summed E-state index contributed by atoms with van der Waals surface area (Å²) in [7, 11) is 0. The Balaban J connectivity index is 2.32. The molecule has 0 aliphatic heterocycles. The lowest BCUT2D eigenvalue weighted by atomic mass is 10.1. The van der Waals surface area contributed by atoms with Gasteiger partial charge in [-0.2, -0.15) is 0 Å². The normalized spacial score (nSPS) is 10.2. The first-order chi connectivity index (χ1) is 9.11. The number of rotatable bonds is 4. The zero-order valence-corrected chi connectivity index (χ0v) is 11.4. The van der Waals surface area contributed by atoms with Crippen LogP contribution in [0.15, 0.2) is 34.9 Å². The minimum atomic E-state index is -0.202. The summed E-state index contributed by atoms with van der Waals surface area (Å²) in [6.45, 7) is 0.415. The molecule has 0 bridgehead atoms. The topological polar surface area (TPSA) is 82.5 Å². The van der Waals surface area contributed by atoms with E-state index in [4.69, 9.17) is 0 Å². The molecule has 5 nitrogen and oxygen atoms in total. The first-order valence-corrected chi connectivity index (χ1v) is 6.25. The Morgan fingerprint density at radius 1 is 1.26 bits per heavy atom. The fourth-order valence-corrected chi connectivity index (χ4v) is 2.13. The predicted octanol–water partition coefficient (Wildman–Crippen LogP) is 2.17. The van der Waals surface area contributed by atoms with Crippen LogP contribution in [0.1, 0.15) is 5.56 Å². The van der Waals surface area contributed by atoms with E-state index >= 15 is 0 Å².